The Morgan fingerprint density at radius 2 is 2.11 bits per heavy atom. The van der Waals surface area contributed by atoms with Crippen molar-refractivity contribution in [2.24, 2.45) is 11.8 Å². The van der Waals surface area contributed by atoms with Gasteiger partial charge in [-0.25, -0.2) is 0 Å². The number of aromatic nitrogens is 1. The highest BCUT2D eigenvalue weighted by molar-refractivity contribution is 5.95. The molecule has 1 amide bonds. The molecule has 19 heavy (non-hydrogen) atoms. The second kappa shape index (κ2) is 4.93. The van der Waals surface area contributed by atoms with Gasteiger partial charge in [-0.2, -0.15) is 0 Å². The predicted molar refractivity (Wildman–Crippen MR) is 74.1 cm³/mol. The van der Waals surface area contributed by atoms with E-state index < -0.39 is 0 Å². The molecule has 102 valence electrons. The standard InChI is InChI=1S/C15H21N3O/c1-10-3-4-14(11(2)17-10)15(19)18-6-5-12-7-16-8-13(12)9-18/h3-4,12-13,16H,5-9H2,1-2H3. The molecule has 4 heteroatoms. The van der Waals surface area contributed by atoms with Crippen LogP contribution in [0.15, 0.2) is 12.1 Å². The molecule has 2 fully saturated rings. The number of nitrogens with one attached hydrogen (secondary N) is 1. The number of piperidine rings is 1. The van der Waals surface area contributed by atoms with Crippen molar-refractivity contribution >= 4 is 5.91 Å². The Morgan fingerprint density at radius 1 is 1.32 bits per heavy atom. The molecule has 2 unspecified atom stereocenters. The summed E-state index contributed by atoms with van der Waals surface area (Å²) in [5.74, 6) is 1.55. The molecule has 2 atom stereocenters. The fourth-order valence-electron chi connectivity index (χ4n) is 3.30. The van der Waals surface area contributed by atoms with Crippen molar-refractivity contribution in [1.82, 2.24) is 15.2 Å². The van der Waals surface area contributed by atoms with E-state index in [4.69, 9.17) is 0 Å². The van der Waals surface area contributed by atoms with Crippen molar-refractivity contribution in [2.45, 2.75) is 20.3 Å². The highest BCUT2D eigenvalue weighted by atomic mass is 16.2. The molecule has 1 aromatic heterocycles. The lowest BCUT2D eigenvalue weighted by atomic mass is 9.88. The second-order valence-corrected chi connectivity index (χ2v) is 5.80. The molecule has 2 aliphatic rings. The minimum atomic E-state index is 0.148. The monoisotopic (exact) mass is 259 g/mol. The Labute approximate surface area is 114 Å². The topological polar surface area (TPSA) is 45.2 Å². The number of nitrogens with zero attached hydrogens (tertiary/aromatic N) is 2. The normalized spacial score (nSPS) is 26.3. The van der Waals surface area contributed by atoms with E-state index in [1.165, 1.54) is 0 Å². The van der Waals surface area contributed by atoms with Gasteiger partial charge >= 0.3 is 0 Å². The summed E-state index contributed by atoms with van der Waals surface area (Å²) < 4.78 is 0. The van der Waals surface area contributed by atoms with E-state index in [1.807, 2.05) is 30.9 Å². The minimum absolute atomic E-state index is 0.148. The van der Waals surface area contributed by atoms with Gasteiger partial charge in [0.15, 0.2) is 0 Å². The quantitative estimate of drug-likeness (QED) is 0.828. The van der Waals surface area contributed by atoms with E-state index in [1.54, 1.807) is 0 Å². The average molecular weight is 259 g/mol. The lowest BCUT2D eigenvalue weighted by Gasteiger charge is -2.34. The molecular weight excluding hydrogens is 238 g/mol. The molecule has 1 N–H and O–H groups in total. The van der Waals surface area contributed by atoms with E-state index >= 15 is 0 Å². The summed E-state index contributed by atoms with van der Waals surface area (Å²) in [6.45, 7) is 7.83. The third-order valence-corrected chi connectivity index (χ3v) is 4.45. The van der Waals surface area contributed by atoms with E-state index in [2.05, 4.69) is 10.3 Å². The predicted octanol–water partition coefficient (Wildman–Crippen LogP) is 1.38. The first-order valence-electron chi connectivity index (χ1n) is 7.09. The van der Waals surface area contributed by atoms with Gasteiger partial charge in [0.1, 0.15) is 0 Å². The maximum atomic E-state index is 12.6. The molecule has 3 rings (SSSR count). The van der Waals surface area contributed by atoms with Gasteiger partial charge in [0.05, 0.1) is 11.3 Å². The van der Waals surface area contributed by atoms with Gasteiger partial charge in [-0.1, -0.05) is 0 Å². The molecule has 0 aliphatic carbocycles. The number of amides is 1. The van der Waals surface area contributed by atoms with Crippen LogP contribution in [0.1, 0.15) is 28.2 Å². The second-order valence-electron chi connectivity index (χ2n) is 5.80. The van der Waals surface area contributed by atoms with Gasteiger partial charge in [0.2, 0.25) is 0 Å². The summed E-state index contributed by atoms with van der Waals surface area (Å²) in [7, 11) is 0. The zero-order valence-electron chi connectivity index (χ0n) is 11.6. The average Bonchev–Trinajstić information content (AvgIpc) is 2.85. The SMILES string of the molecule is Cc1ccc(C(=O)N2CCC3CNCC3C2)c(C)n1. The van der Waals surface area contributed by atoms with Gasteiger partial charge in [-0.15, -0.1) is 0 Å². The summed E-state index contributed by atoms with van der Waals surface area (Å²) in [6.07, 6.45) is 1.13. The van der Waals surface area contributed by atoms with Crippen molar-refractivity contribution in [3.63, 3.8) is 0 Å². The lowest BCUT2D eigenvalue weighted by molar-refractivity contribution is 0.0641. The molecule has 0 spiro atoms. The molecule has 4 nitrogen and oxygen atoms in total. The van der Waals surface area contributed by atoms with Crippen molar-refractivity contribution in [1.29, 1.82) is 0 Å². The van der Waals surface area contributed by atoms with Gasteiger partial charge < -0.3 is 10.2 Å². The number of hydrogen-bond acceptors (Lipinski definition) is 3. The van der Waals surface area contributed by atoms with Crippen molar-refractivity contribution in [3.8, 4) is 0 Å². The largest absolute Gasteiger partial charge is 0.338 e. The Bertz CT molecular complexity index is 500. The molecule has 0 saturated carbocycles. The number of carbonyl (C=O) groups excluding carboxylic acids is 1. The Morgan fingerprint density at radius 3 is 2.89 bits per heavy atom. The van der Waals surface area contributed by atoms with Crippen molar-refractivity contribution < 1.29 is 4.79 Å². The zero-order valence-corrected chi connectivity index (χ0v) is 11.6. The number of pyridine rings is 1. The Hall–Kier alpha value is -1.42. The molecule has 2 aliphatic heterocycles. The maximum absolute atomic E-state index is 12.6. The number of likely N-dealkylation sites (tertiary alicyclic amines) is 1. The van der Waals surface area contributed by atoms with Crippen LogP contribution in [0.5, 0.6) is 0 Å². The van der Waals surface area contributed by atoms with Crippen LogP contribution in [0, 0.1) is 25.7 Å². The van der Waals surface area contributed by atoms with Gasteiger partial charge in [-0.05, 0) is 57.3 Å². The number of carbonyl (C=O) groups is 1. The van der Waals surface area contributed by atoms with Crippen molar-refractivity contribution in [3.05, 3.63) is 29.1 Å². The molecule has 3 heterocycles. The van der Waals surface area contributed by atoms with Crippen LogP contribution in [-0.2, 0) is 0 Å². The summed E-state index contributed by atoms with van der Waals surface area (Å²) in [4.78, 5) is 19.0. The van der Waals surface area contributed by atoms with Crippen LogP contribution >= 0.6 is 0 Å². The molecular formula is C15H21N3O. The zero-order chi connectivity index (χ0) is 13.4. The Kier molecular flexibility index (Phi) is 3.27. The van der Waals surface area contributed by atoms with E-state index in [-0.39, 0.29) is 5.91 Å². The van der Waals surface area contributed by atoms with Crippen LogP contribution in [0.3, 0.4) is 0 Å². The van der Waals surface area contributed by atoms with Crippen LogP contribution in [0.2, 0.25) is 0 Å². The Balaban J connectivity index is 1.76. The first kappa shape index (κ1) is 12.6. The maximum Gasteiger partial charge on any atom is 0.255 e. The fourth-order valence-corrected chi connectivity index (χ4v) is 3.30. The molecule has 1 aromatic rings. The number of hydrogen-bond donors (Lipinski definition) is 1. The molecule has 2 saturated heterocycles. The minimum Gasteiger partial charge on any atom is -0.338 e. The van der Waals surface area contributed by atoms with Crippen LogP contribution in [0.4, 0.5) is 0 Å². The first-order chi connectivity index (χ1) is 9.15. The number of rotatable bonds is 1. The molecule has 0 aromatic carbocycles. The number of fused-ring (bicyclic) bond motifs is 1. The third-order valence-electron chi connectivity index (χ3n) is 4.45. The summed E-state index contributed by atoms with van der Waals surface area (Å²) in [5.41, 5.74) is 2.57. The molecule has 0 radical (unpaired) electrons. The van der Waals surface area contributed by atoms with Crippen LogP contribution < -0.4 is 5.32 Å². The van der Waals surface area contributed by atoms with Crippen molar-refractivity contribution in [2.75, 3.05) is 26.2 Å². The number of aryl methyl sites for hydroxylation is 2. The fraction of sp³-hybridized carbons (Fsp3) is 0.600. The smallest absolute Gasteiger partial charge is 0.255 e. The lowest BCUT2D eigenvalue weighted by Crippen LogP contribution is -2.43. The van der Waals surface area contributed by atoms with Gasteiger partial charge in [0, 0.05) is 18.8 Å². The van der Waals surface area contributed by atoms with Gasteiger partial charge in [-0.3, -0.25) is 9.78 Å². The van der Waals surface area contributed by atoms with E-state index in [0.29, 0.717) is 5.92 Å². The van der Waals surface area contributed by atoms with Crippen LogP contribution in [-0.4, -0.2) is 42.0 Å². The molecule has 0 bridgehead atoms. The van der Waals surface area contributed by atoms with Crippen LogP contribution in [0.25, 0.3) is 0 Å². The highest BCUT2D eigenvalue weighted by Gasteiger charge is 2.34. The first-order valence-corrected chi connectivity index (χ1v) is 7.09. The van der Waals surface area contributed by atoms with E-state index in [0.717, 1.165) is 55.5 Å². The highest BCUT2D eigenvalue weighted by Crippen LogP contribution is 2.27. The summed E-state index contributed by atoms with van der Waals surface area (Å²) >= 11 is 0. The van der Waals surface area contributed by atoms with Gasteiger partial charge in [0.25, 0.3) is 5.91 Å². The third kappa shape index (κ3) is 2.37. The summed E-state index contributed by atoms with van der Waals surface area (Å²) in [6, 6.07) is 3.84. The van der Waals surface area contributed by atoms with E-state index in [9.17, 15) is 4.79 Å². The summed E-state index contributed by atoms with van der Waals surface area (Å²) in [5, 5.41) is 3.43.